The third kappa shape index (κ3) is 2.10. The quantitative estimate of drug-likeness (QED) is 0.581. The molecule has 1 unspecified atom stereocenters. The Kier molecular flexibility index (Phi) is 2.88. The average Bonchev–Trinajstić information content (AvgIpc) is 2.58. The summed E-state index contributed by atoms with van der Waals surface area (Å²) in [5, 5.41) is 13.7. The van der Waals surface area contributed by atoms with Gasteiger partial charge in [-0.15, -0.1) is 0 Å². The van der Waals surface area contributed by atoms with Crippen molar-refractivity contribution in [2.24, 2.45) is 0 Å². The lowest BCUT2D eigenvalue weighted by atomic mass is 10.1. The first-order chi connectivity index (χ1) is 7.08. The van der Waals surface area contributed by atoms with Crippen molar-refractivity contribution in [3.05, 3.63) is 27.7 Å². The van der Waals surface area contributed by atoms with Gasteiger partial charge in [0.15, 0.2) is 5.11 Å². The molecular formula is C8H7Cl2N3OS. The molecule has 15 heavy (non-hydrogen) atoms. The highest BCUT2D eigenvalue weighted by molar-refractivity contribution is 7.80. The van der Waals surface area contributed by atoms with Crippen LogP contribution in [0.3, 0.4) is 0 Å². The third-order valence-electron chi connectivity index (χ3n) is 1.97. The van der Waals surface area contributed by atoms with E-state index in [9.17, 15) is 5.11 Å². The molecule has 1 aromatic rings. The number of nitrogens with one attached hydrogen (secondary N) is 3. The van der Waals surface area contributed by atoms with Gasteiger partial charge in [0.25, 0.3) is 0 Å². The first-order valence-corrected chi connectivity index (χ1v) is 5.24. The number of thiocarbonyl (C=S) groups is 1. The van der Waals surface area contributed by atoms with Gasteiger partial charge >= 0.3 is 0 Å². The molecule has 4 nitrogen and oxygen atoms in total. The maximum Gasteiger partial charge on any atom is 0.182 e. The van der Waals surface area contributed by atoms with E-state index in [-0.39, 0.29) is 16.9 Å². The zero-order valence-electron chi connectivity index (χ0n) is 7.34. The van der Waals surface area contributed by atoms with Gasteiger partial charge in [-0.3, -0.25) is 5.43 Å². The van der Waals surface area contributed by atoms with Crippen LogP contribution in [0.5, 0.6) is 5.75 Å². The van der Waals surface area contributed by atoms with E-state index in [2.05, 4.69) is 16.2 Å². The van der Waals surface area contributed by atoms with Gasteiger partial charge in [-0.1, -0.05) is 23.2 Å². The first-order valence-electron chi connectivity index (χ1n) is 4.08. The van der Waals surface area contributed by atoms with Crippen molar-refractivity contribution >= 4 is 40.5 Å². The third-order valence-corrected chi connectivity index (χ3v) is 2.70. The Morgan fingerprint density at radius 2 is 2.07 bits per heavy atom. The minimum Gasteiger partial charge on any atom is -0.506 e. The molecule has 1 aromatic carbocycles. The van der Waals surface area contributed by atoms with E-state index >= 15 is 0 Å². The molecule has 1 aliphatic rings. The van der Waals surface area contributed by atoms with Crippen LogP contribution in [0, 0.1) is 0 Å². The molecule has 1 fully saturated rings. The first kappa shape index (κ1) is 10.8. The minimum absolute atomic E-state index is 0.0161. The van der Waals surface area contributed by atoms with Crippen molar-refractivity contribution in [2.75, 3.05) is 0 Å². The van der Waals surface area contributed by atoms with Crippen LogP contribution in [-0.2, 0) is 0 Å². The summed E-state index contributed by atoms with van der Waals surface area (Å²) in [4.78, 5) is 0. The van der Waals surface area contributed by atoms with Crippen LogP contribution in [0.4, 0.5) is 0 Å². The summed E-state index contributed by atoms with van der Waals surface area (Å²) < 4.78 is 0. The zero-order valence-corrected chi connectivity index (χ0v) is 9.67. The van der Waals surface area contributed by atoms with E-state index in [4.69, 9.17) is 35.4 Å². The summed E-state index contributed by atoms with van der Waals surface area (Å²) in [6.45, 7) is 0. The highest BCUT2D eigenvalue weighted by Crippen LogP contribution is 2.34. The molecule has 1 heterocycles. The van der Waals surface area contributed by atoms with Crippen LogP contribution in [0.2, 0.25) is 10.0 Å². The SMILES string of the molecule is Oc1c(Cl)cc(Cl)cc1C1NNC(=S)N1. The topological polar surface area (TPSA) is 56.3 Å². The van der Waals surface area contributed by atoms with Crippen LogP contribution >= 0.6 is 35.4 Å². The molecule has 0 spiro atoms. The molecule has 0 amide bonds. The smallest absolute Gasteiger partial charge is 0.182 e. The second kappa shape index (κ2) is 4.02. The Labute approximate surface area is 102 Å². The molecule has 1 atom stereocenters. The maximum atomic E-state index is 9.73. The number of phenolic OH excluding ortho intramolecular Hbond substituents is 1. The molecule has 1 saturated heterocycles. The number of phenols is 1. The Morgan fingerprint density at radius 1 is 1.33 bits per heavy atom. The number of benzene rings is 1. The Morgan fingerprint density at radius 3 is 2.67 bits per heavy atom. The number of aromatic hydroxyl groups is 1. The maximum absolute atomic E-state index is 9.73. The van der Waals surface area contributed by atoms with E-state index < -0.39 is 0 Å². The lowest BCUT2D eigenvalue weighted by Gasteiger charge is -2.13. The van der Waals surface area contributed by atoms with Gasteiger partial charge in [-0.25, -0.2) is 5.43 Å². The zero-order chi connectivity index (χ0) is 11.0. The summed E-state index contributed by atoms with van der Waals surface area (Å²) in [6, 6.07) is 3.09. The summed E-state index contributed by atoms with van der Waals surface area (Å²) in [5.41, 5.74) is 6.09. The van der Waals surface area contributed by atoms with Gasteiger partial charge in [-0.05, 0) is 24.4 Å². The Bertz CT molecular complexity index is 427. The molecule has 0 aromatic heterocycles. The molecule has 2 rings (SSSR count). The summed E-state index contributed by atoms with van der Waals surface area (Å²) in [6.07, 6.45) is -0.339. The fourth-order valence-electron chi connectivity index (χ4n) is 1.30. The molecule has 7 heteroatoms. The van der Waals surface area contributed by atoms with Crippen molar-refractivity contribution in [3.8, 4) is 5.75 Å². The number of rotatable bonds is 1. The normalized spacial score (nSPS) is 19.9. The molecule has 1 aliphatic heterocycles. The summed E-state index contributed by atoms with van der Waals surface area (Å²) >= 11 is 16.5. The van der Waals surface area contributed by atoms with Crippen molar-refractivity contribution < 1.29 is 5.11 Å². The van der Waals surface area contributed by atoms with Gasteiger partial charge in [0.05, 0.1) is 5.02 Å². The van der Waals surface area contributed by atoms with Crippen molar-refractivity contribution in [2.45, 2.75) is 6.17 Å². The largest absolute Gasteiger partial charge is 0.506 e. The van der Waals surface area contributed by atoms with E-state index in [0.29, 0.717) is 15.7 Å². The van der Waals surface area contributed by atoms with E-state index in [1.165, 1.54) is 6.07 Å². The van der Waals surface area contributed by atoms with Crippen LogP contribution in [0.15, 0.2) is 12.1 Å². The average molecular weight is 264 g/mol. The van der Waals surface area contributed by atoms with E-state index in [1.54, 1.807) is 6.07 Å². The predicted octanol–water partition coefficient (Wildman–Crippen LogP) is 1.68. The van der Waals surface area contributed by atoms with Gasteiger partial charge in [0, 0.05) is 10.6 Å². The van der Waals surface area contributed by atoms with Crippen molar-refractivity contribution in [3.63, 3.8) is 0 Å². The monoisotopic (exact) mass is 263 g/mol. The molecule has 80 valence electrons. The van der Waals surface area contributed by atoms with Gasteiger partial charge in [-0.2, -0.15) is 0 Å². The minimum atomic E-state index is -0.339. The Balaban J connectivity index is 2.39. The number of hydrogen-bond donors (Lipinski definition) is 4. The van der Waals surface area contributed by atoms with Gasteiger partial charge in [0.1, 0.15) is 11.9 Å². The van der Waals surface area contributed by atoms with Crippen LogP contribution in [0.25, 0.3) is 0 Å². The second-order valence-corrected chi connectivity index (χ2v) is 4.25. The standard InChI is InChI=1S/C8H7Cl2N3OS/c9-3-1-4(6(14)5(10)2-3)7-11-8(15)13-12-7/h1-2,7,12,14H,(H2,11,13,15). The van der Waals surface area contributed by atoms with E-state index in [0.717, 1.165) is 0 Å². The van der Waals surface area contributed by atoms with Crippen LogP contribution in [-0.4, -0.2) is 10.2 Å². The number of halogens is 2. The number of hydrogen-bond acceptors (Lipinski definition) is 3. The fraction of sp³-hybridized carbons (Fsp3) is 0.125. The van der Waals surface area contributed by atoms with E-state index in [1.807, 2.05) is 0 Å². The lowest BCUT2D eigenvalue weighted by Crippen LogP contribution is -2.26. The van der Waals surface area contributed by atoms with Crippen LogP contribution < -0.4 is 16.2 Å². The van der Waals surface area contributed by atoms with Crippen LogP contribution in [0.1, 0.15) is 11.7 Å². The predicted molar refractivity (Wildman–Crippen MR) is 62.9 cm³/mol. The van der Waals surface area contributed by atoms with Crippen molar-refractivity contribution in [1.29, 1.82) is 0 Å². The number of hydrazine groups is 1. The highest BCUT2D eigenvalue weighted by Gasteiger charge is 2.23. The molecular weight excluding hydrogens is 257 g/mol. The van der Waals surface area contributed by atoms with Gasteiger partial charge in [0.2, 0.25) is 0 Å². The molecule has 0 bridgehead atoms. The highest BCUT2D eigenvalue weighted by atomic mass is 35.5. The molecule has 0 radical (unpaired) electrons. The second-order valence-electron chi connectivity index (χ2n) is 3.00. The summed E-state index contributed by atoms with van der Waals surface area (Å²) in [5.74, 6) is -0.0161. The molecule has 0 saturated carbocycles. The Hall–Kier alpha value is -0.750. The van der Waals surface area contributed by atoms with Gasteiger partial charge < -0.3 is 10.4 Å². The fourth-order valence-corrected chi connectivity index (χ4v) is 1.99. The molecule has 4 N–H and O–H groups in total. The lowest BCUT2D eigenvalue weighted by molar-refractivity contribution is 0.448. The summed E-state index contributed by atoms with van der Waals surface area (Å²) in [7, 11) is 0. The molecule has 0 aliphatic carbocycles. The van der Waals surface area contributed by atoms with Crippen molar-refractivity contribution in [1.82, 2.24) is 16.2 Å².